The quantitative estimate of drug-likeness (QED) is 0.903. The van der Waals surface area contributed by atoms with Crippen molar-refractivity contribution in [1.29, 1.82) is 0 Å². The van der Waals surface area contributed by atoms with E-state index in [1.807, 2.05) is 25.2 Å². The Balaban J connectivity index is 1.69. The average molecular weight is 297 g/mol. The van der Waals surface area contributed by atoms with Gasteiger partial charge in [0.05, 0.1) is 11.6 Å². The first-order valence-electron chi connectivity index (χ1n) is 7.87. The maximum absolute atomic E-state index is 12.8. The first kappa shape index (κ1) is 13.8. The number of fused-ring (bicyclic) bond motifs is 1. The van der Waals surface area contributed by atoms with Gasteiger partial charge in [-0.3, -0.25) is 14.5 Å². The van der Waals surface area contributed by atoms with Crippen LogP contribution in [-0.2, 0) is 4.79 Å². The first-order valence-corrected chi connectivity index (χ1v) is 7.87. The largest absolute Gasteiger partial charge is 0.315 e. The maximum atomic E-state index is 12.8. The van der Waals surface area contributed by atoms with Gasteiger partial charge in [0, 0.05) is 24.6 Å². The molecule has 1 N–H and O–H groups in total. The van der Waals surface area contributed by atoms with Gasteiger partial charge in [-0.05, 0) is 44.1 Å². The van der Waals surface area contributed by atoms with Crippen LogP contribution in [0.2, 0.25) is 0 Å². The number of likely N-dealkylation sites (tertiary alicyclic amines) is 1. The lowest BCUT2D eigenvalue weighted by atomic mass is 9.89. The molecule has 2 fully saturated rings. The SMILES string of the molecule is CN1CCCC1C(=O)C1=NC(=O)c2ccc(C3CNC3)cc21. The molecule has 1 atom stereocenters. The summed E-state index contributed by atoms with van der Waals surface area (Å²) in [5.74, 6) is 0.194. The summed E-state index contributed by atoms with van der Waals surface area (Å²) in [6.07, 6.45) is 1.87. The maximum Gasteiger partial charge on any atom is 0.278 e. The topological polar surface area (TPSA) is 61.8 Å². The third-order valence-corrected chi connectivity index (χ3v) is 5.05. The van der Waals surface area contributed by atoms with Crippen molar-refractivity contribution in [2.45, 2.75) is 24.8 Å². The van der Waals surface area contributed by atoms with Gasteiger partial charge in [-0.25, -0.2) is 4.99 Å². The molecule has 4 rings (SSSR count). The summed E-state index contributed by atoms with van der Waals surface area (Å²) < 4.78 is 0. The summed E-state index contributed by atoms with van der Waals surface area (Å²) in [6, 6.07) is 5.68. The summed E-state index contributed by atoms with van der Waals surface area (Å²) >= 11 is 0. The molecule has 3 aliphatic rings. The van der Waals surface area contributed by atoms with Gasteiger partial charge in [0.15, 0.2) is 5.78 Å². The van der Waals surface area contributed by atoms with E-state index in [9.17, 15) is 9.59 Å². The Morgan fingerprint density at radius 2 is 2.14 bits per heavy atom. The second-order valence-electron chi connectivity index (χ2n) is 6.43. The Hall–Kier alpha value is -1.85. The fourth-order valence-electron chi connectivity index (χ4n) is 3.53. The van der Waals surface area contributed by atoms with Crippen LogP contribution in [0.3, 0.4) is 0 Å². The van der Waals surface area contributed by atoms with Crippen LogP contribution in [0.1, 0.15) is 40.2 Å². The molecule has 1 aromatic carbocycles. The molecule has 0 aliphatic carbocycles. The highest BCUT2D eigenvalue weighted by Gasteiger charge is 2.36. The lowest BCUT2D eigenvalue weighted by Crippen LogP contribution is -2.40. The van der Waals surface area contributed by atoms with Crippen LogP contribution in [0.4, 0.5) is 0 Å². The molecule has 1 unspecified atom stereocenters. The molecule has 3 heterocycles. The van der Waals surface area contributed by atoms with Crippen LogP contribution in [0.25, 0.3) is 0 Å². The number of likely N-dealkylation sites (N-methyl/N-ethyl adjacent to an activating group) is 1. The zero-order valence-electron chi connectivity index (χ0n) is 12.6. The lowest BCUT2D eigenvalue weighted by Gasteiger charge is -2.28. The Morgan fingerprint density at radius 3 is 2.77 bits per heavy atom. The highest BCUT2D eigenvalue weighted by molar-refractivity contribution is 6.52. The van der Waals surface area contributed by atoms with Crippen LogP contribution in [0, 0.1) is 0 Å². The Morgan fingerprint density at radius 1 is 1.32 bits per heavy atom. The van der Waals surface area contributed by atoms with Gasteiger partial charge in [0.1, 0.15) is 5.71 Å². The van der Waals surface area contributed by atoms with Crippen molar-refractivity contribution in [3.05, 3.63) is 34.9 Å². The summed E-state index contributed by atoms with van der Waals surface area (Å²) in [4.78, 5) is 31.0. The highest BCUT2D eigenvalue weighted by atomic mass is 16.2. The lowest BCUT2D eigenvalue weighted by molar-refractivity contribution is -0.116. The molecule has 5 nitrogen and oxygen atoms in total. The van der Waals surface area contributed by atoms with E-state index in [-0.39, 0.29) is 17.7 Å². The molecule has 1 amide bonds. The molecule has 0 aromatic heterocycles. The van der Waals surface area contributed by atoms with Crippen molar-refractivity contribution in [3.8, 4) is 0 Å². The normalized spacial score (nSPS) is 25.0. The van der Waals surface area contributed by atoms with Crippen LogP contribution in [0.5, 0.6) is 0 Å². The number of rotatable bonds is 3. The second kappa shape index (κ2) is 5.11. The standard InChI is InChI=1S/C17H19N3O2/c1-20-6-2-3-14(20)16(21)15-13-7-10(11-8-18-9-11)4-5-12(13)17(22)19-15/h4-5,7,11,14,18H,2-3,6,8-9H2,1H3. The number of aliphatic imine (C=N–C) groups is 1. The second-order valence-corrected chi connectivity index (χ2v) is 6.43. The van der Waals surface area contributed by atoms with Crippen molar-refractivity contribution in [2.75, 3.05) is 26.7 Å². The Bertz CT molecular complexity index is 691. The third-order valence-electron chi connectivity index (χ3n) is 5.05. The number of ketones is 1. The Kier molecular flexibility index (Phi) is 3.20. The van der Waals surface area contributed by atoms with Crippen LogP contribution in [0.15, 0.2) is 23.2 Å². The number of Topliss-reactive ketones (excluding diaryl/α,β-unsaturated/α-hetero) is 1. The number of amides is 1. The third kappa shape index (κ3) is 2.04. The van der Waals surface area contributed by atoms with Crippen molar-refractivity contribution in [1.82, 2.24) is 10.2 Å². The number of nitrogens with zero attached hydrogens (tertiary/aromatic N) is 2. The average Bonchev–Trinajstić information content (AvgIpc) is 3.01. The molecule has 0 bridgehead atoms. The van der Waals surface area contributed by atoms with Crippen molar-refractivity contribution < 1.29 is 9.59 Å². The number of benzene rings is 1. The highest BCUT2D eigenvalue weighted by Crippen LogP contribution is 2.28. The van der Waals surface area contributed by atoms with Crippen molar-refractivity contribution >= 4 is 17.4 Å². The predicted octanol–water partition coefficient (Wildman–Crippen LogP) is 0.980. The molecule has 5 heteroatoms. The van der Waals surface area contributed by atoms with Crippen molar-refractivity contribution in [3.63, 3.8) is 0 Å². The molecule has 3 aliphatic heterocycles. The fourth-order valence-corrected chi connectivity index (χ4v) is 3.53. The number of carbonyl (C=O) groups excluding carboxylic acids is 2. The number of carbonyl (C=O) groups is 2. The predicted molar refractivity (Wildman–Crippen MR) is 83.6 cm³/mol. The summed E-state index contributed by atoms with van der Waals surface area (Å²) in [6.45, 7) is 2.84. The van der Waals surface area contributed by atoms with E-state index < -0.39 is 0 Å². The molecule has 114 valence electrons. The van der Waals surface area contributed by atoms with E-state index in [1.54, 1.807) is 0 Å². The molecule has 22 heavy (non-hydrogen) atoms. The minimum atomic E-state index is -0.280. The molecular formula is C17H19N3O2. The van der Waals surface area contributed by atoms with Crippen LogP contribution in [-0.4, -0.2) is 55.0 Å². The van der Waals surface area contributed by atoms with E-state index in [0.717, 1.165) is 38.0 Å². The van der Waals surface area contributed by atoms with Gasteiger partial charge in [0.25, 0.3) is 5.91 Å². The summed E-state index contributed by atoms with van der Waals surface area (Å²) in [7, 11) is 1.96. The van der Waals surface area contributed by atoms with Gasteiger partial charge in [0.2, 0.25) is 0 Å². The van der Waals surface area contributed by atoms with E-state index in [2.05, 4.69) is 15.2 Å². The van der Waals surface area contributed by atoms with Crippen LogP contribution >= 0.6 is 0 Å². The van der Waals surface area contributed by atoms with Crippen molar-refractivity contribution in [2.24, 2.45) is 4.99 Å². The van der Waals surface area contributed by atoms with E-state index >= 15 is 0 Å². The van der Waals surface area contributed by atoms with Gasteiger partial charge < -0.3 is 5.32 Å². The fraction of sp³-hybridized carbons (Fsp3) is 0.471. The van der Waals surface area contributed by atoms with Gasteiger partial charge >= 0.3 is 0 Å². The molecular weight excluding hydrogens is 278 g/mol. The van der Waals surface area contributed by atoms with E-state index in [0.29, 0.717) is 17.2 Å². The zero-order chi connectivity index (χ0) is 15.3. The smallest absolute Gasteiger partial charge is 0.278 e. The monoisotopic (exact) mass is 297 g/mol. The van der Waals surface area contributed by atoms with E-state index in [4.69, 9.17) is 0 Å². The minimum Gasteiger partial charge on any atom is -0.315 e. The number of hydrogen-bond donors (Lipinski definition) is 1. The zero-order valence-corrected chi connectivity index (χ0v) is 12.6. The minimum absolute atomic E-state index is 0.00372. The number of hydrogen-bond acceptors (Lipinski definition) is 4. The first-order chi connectivity index (χ1) is 10.6. The molecule has 1 aromatic rings. The summed E-state index contributed by atoms with van der Waals surface area (Å²) in [5.41, 5.74) is 2.86. The summed E-state index contributed by atoms with van der Waals surface area (Å²) in [5, 5.41) is 3.25. The van der Waals surface area contributed by atoms with Gasteiger partial charge in [-0.2, -0.15) is 0 Å². The molecule has 0 spiro atoms. The van der Waals surface area contributed by atoms with E-state index in [1.165, 1.54) is 5.56 Å². The molecule has 0 radical (unpaired) electrons. The van der Waals surface area contributed by atoms with Gasteiger partial charge in [-0.15, -0.1) is 0 Å². The number of nitrogens with one attached hydrogen (secondary N) is 1. The molecule has 0 saturated carbocycles. The Labute approximate surface area is 129 Å². The molecule has 2 saturated heterocycles. The van der Waals surface area contributed by atoms with Gasteiger partial charge in [-0.1, -0.05) is 6.07 Å². The van der Waals surface area contributed by atoms with Crippen LogP contribution < -0.4 is 5.32 Å².